The number of hydrogen-bond acceptors (Lipinski definition) is 2. The molecule has 4 saturated carbocycles. The lowest BCUT2D eigenvalue weighted by atomic mass is 9.49. The lowest BCUT2D eigenvalue weighted by molar-refractivity contribution is -0.0102. The van der Waals surface area contributed by atoms with E-state index in [2.05, 4.69) is 41.7 Å². The molecule has 4 aliphatic rings. The third kappa shape index (κ3) is 2.08. The Kier molecular flexibility index (Phi) is 3.13. The maximum Gasteiger partial charge on any atom is 0.199 e. The average Bonchev–Trinajstić information content (AvgIpc) is 2.91. The largest absolute Gasteiger partial charge is 0.271 e. The summed E-state index contributed by atoms with van der Waals surface area (Å²) >= 11 is 5.66. The number of nitrogens with one attached hydrogen (secondary N) is 1. The summed E-state index contributed by atoms with van der Waals surface area (Å²) in [7, 11) is 0. The highest BCUT2D eigenvalue weighted by Gasteiger charge is 2.53. The summed E-state index contributed by atoms with van der Waals surface area (Å²) in [5, 5.41) is 7.92. The Morgan fingerprint density at radius 1 is 1.08 bits per heavy atom. The van der Waals surface area contributed by atoms with Crippen LogP contribution in [0.15, 0.2) is 18.2 Å². The molecule has 1 aromatic carbocycles. The molecule has 0 spiro atoms. The molecule has 1 heterocycles. The number of hydrogen-bond donors (Lipinski definition) is 1. The van der Waals surface area contributed by atoms with Gasteiger partial charge >= 0.3 is 0 Å². The standard InChI is InChI=1S/C20H25N3S/c1-12-3-4-13(2)17(5-12)23-18(21-22-19(23)24)20-9-14-6-15(10-20)8-16(7-14)11-20/h3-5,14-16H,6-11H2,1-2H3,(H,22,24). The Morgan fingerprint density at radius 2 is 1.71 bits per heavy atom. The van der Waals surface area contributed by atoms with E-state index in [9.17, 15) is 0 Å². The van der Waals surface area contributed by atoms with Crippen LogP contribution in [0.5, 0.6) is 0 Å². The van der Waals surface area contributed by atoms with Crippen LogP contribution in [0.2, 0.25) is 0 Å². The number of benzene rings is 1. The van der Waals surface area contributed by atoms with Gasteiger partial charge in [0.2, 0.25) is 0 Å². The summed E-state index contributed by atoms with van der Waals surface area (Å²) in [5.41, 5.74) is 4.00. The van der Waals surface area contributed by atoms with Gasteiger partial charge in [0.05, 0.1) is 5.69 Å². The maximum atomic E-state index is 5.66. The summed E-state index contributed by atoms with van der Waals surface area (Å²) in [5.74, 6) is 3.94. The third-order valence-electron chi connectivity index (χ3n) is 6.79. The second kappa shape index (κ2) is 5.04. The monoisotopic (exact) mass is 339 g/mol. The Bertz CT molecular complexity index is 825. The van der Waals surface area contributed by atoms with Crippen molar-refractivity contribution >= 4 is 12.2 Å². The van der Waals surface area contributed by atoms with E-state index in [0.29, 0.717) is 0 Å². The smallest absolute Gasteiger partial charge is 0.199 e. The number of aromatic nitrogens is 3. The van der Waals surface area contributed by atoms with Crippen molar-refractivity contribution < 1.29 is 0 Å². The SMILES string of the molecule is Cc1ccc(C)c(-n2c(C34CC5CC(CC(C5)C3)C4)n[nH]c2=S)c1. The Balaban J connectivity index is 1.69. The second-order valence-corrected chi connectivity index (χ2v) is 9.06. The van der Waals surface area contributed by atoms with Gasteiger partial charge in [-0.15, -0.1) is 0 Å². The second-order valence-electron chi connectivity index (χ2n) is 8.68. The van der Waals surface area contributed by atoms with E-state index < -0.39 is 0 Å². The molecule has 4 heteroatoms. The molecule has 0 radical (unpaired) electrons. The van der Waals surface area contributed by atoms with E-state index in [4.69, 9.17) is 17.3 Å². The minimum Gasteiger partial charge on any atom is -0.271 e. The molecular weight excluding hydrogens is 314 g/mol. The van der Waals surface area contributed by atoms with Crippen molar-refractivity contribution in [3.8, 4) is 5.69 Å². The number of rotatable bonds is 2. The molecule has 6 rings (SSSR count). The van der Waals surface area contributed by atoms with Gasteiger partial charge in [-0.1, -0.05) is 12.1 Å². The van der Waals surface area contributed by atoms with Crippen LogP contribution in [0.25, 0.3) is 5.69 Å². The van der Waals surface area contributed by atoms with Gasteiger partial charge in [-0.25, -0.2) is 0 Å². The molecule has 2 aromatic rings. The topological polar surface area (TPSA) is 33.6 Å². The molecule has 24 heavy (non-hydrogen) atoms. The van der Waals surface area contributed by atoms with Crippen molar-refractivity contribution in [3.05, 3.63) is 39.9 Å². The highest BCUT2D eigenvalue weighted by Crippen LogP contribution is 2.60. The Morgan fingerprint density at radius 3 is 2.33 bits per heavy atom. The summed E-state index contributed by atoms with van der Waals surface area (Å²) < 4.78 is 3.00. The van der Waals surface area contributed by atoms with Gasteiger partial charge in [0.15, 0.2) is 4.77 Å². The molecule has 0 amide bonds. The summed E-state index contributed by atoms with van der Waals surface area (Å²) in [4.78, 5) is 0. The van der Waals surface area contributed by atoms with Crippen LogP contribution in [-0.4, -0.2) is 14.8 Å². The normalized spacial score (nSPS) is 34.0. The summed E-state index contributed by atoms with van der Waals surface area (Å²) in [6.07, 6.45) is 8.28. The molecule has 1 N–H and O–H groups in total. The first-order valence-electron chi connectivity index (χ1n) is 9.30. The highest BCUT2D eigenvalue weighted by atomic mass is 32.1. The fourth-order valence-electron chi connectivity index (χ4n) is 6.22. The van der Waals surface area contributed by atoms with Crippen LogP contribution in [0.3, 0.4) is 0 Å². The maximum absolute atomic E-state index is 5.66. The molecular formula is C20H25N3S. The summed E-state index contributed by atoms with van der Waals surface area (Å²) in [6, 6.07) is 6.63. The molecule has 0 unspecified atom stereocenters. The first kappa shape index (κ1) is 14.9. The number of aromatic amines is 1. The molecule has 126 valence electrons. The number of nitrogens with zero attached hydrogens (tertiary/aromatic N) is 2. The molecule has 3 nitrogen and oxygen atoms in total. The van der Waals surface area contributed by atoms with Gasteiger partial charge in [0.25, 0.3) is 0 Å². The van der Waals surface area contributed by atoms with Gasteiger partial charge < -0.3 is 0 Å². The van der Waals surface area contributed by atoms with Crippen molar-refractivity contribution in [1.82, 2.24) is 14.8 Å². The fraction of sp³-hybridized carbons (Fsp3) is 0.600. The van der Waals surface area contributed by atoms with Crippen molar-refractivity contribution in [1.29, 1.82) is 0 Å². The van der Waals surface area contributed by atoms with Crippen molar-refractivity contribution in [2.45, 2.75) is 57.8 Å². The molecule has 4 bridgehead atoms. The zero-order valence-corrected chi connectivity index (χ0v) is 15.3. The quantitative estimate of drug-likeness (QED) is 0.780. The van der Waals surface area contributed by atoms with Crippen LogP contribution < -0.4 is 0 Å². The lowest BCUT2D eigenvalue weighted by Gasteiger charge is -2.56. The first-order chi connectivity index (χ1) is 11.5. The zero-order chi connectivity index (χ0) is 16.5. The molecule has 0 saturated heterocycles. The molecule has 0 atom stereocenters. The van der Waals surface area contributed by atoms with Crippen molar-refractivity contribution in [3.63, 3.8) is 0 Å². The minimum absolute atomic E-state index is 0.249. The van der Waals surface area contributed by atoms with Crippen molar-refractivity contribution in [2.75, 3.05) is 0 Å². The van der Waals surface area contributed by atoms with Gasteiger partial charge in [0.1, 0.15) is 5.82 Å². The fourth-order valence-corrected chi connectivity index (χ4v) is 6.45. The Hall–Kier alpha value is -1.42. The molecule has 0 aliphatic heterocycles. The van der Waals surface area contributed by atoms with Gasteiger partial charge in [-0.3, -0.25) is 9.67 Å². The predicted octanol–water partition coefficient (Wildman–Crippen LogP) is 5.01. The third-order valence-corrected chi connectivity index (χ3v) is 7.06. The average molecular weight is 340 g/mol. The molecule has 4 fully saturated rings. The highest BCUT2D eigenvalue weighted by molar-refractivity contribution is 7.71. The predicted molar refractivity (Wildman–Crippen MR) is 98.1 cm³/mol. The number of aryl methyl sites for hydroxylation is 2. The first-order valence-corrected chi connectivity index (χ1v) is 9.70. The van der Waals surface area contributed by atoms with E-state index in [1.54, 1.807) is 0 Å². The van der Waals surface area contributed by atoms with Crippen LogP contribution >= 0.6 is 12.2 Å². The van der Waals surface area contributed by atoms with E-state index in [1.165, 1.54) is 61.2 Å². The minimum atomic E-state index is 0.249. The van der Waals surface area contributed by atoms with Crippen molar-refractivity contribution in [2.24, 2.45) is 17.8 Å². The van der Waals surface area contributed by atoms with Gasteiger partial charge in [0, 0.05) is 5.41 Å². The Labute approximate surface area is 148 Å². The van der Waals surface area contributed by atoms with Gasteiger partial charge in [-0.05, 0) is 99.5 Å². The molecule has 1 aromatic heterocycles. The van der Waals surface area contributed by atoms with E-state index >= 15 is 0 Å². The molecule has 4 aliphatic carbocycles. The van der Waals surface area contributed by atoms with E-state index in [-0.39, 0.29) is 5.41 Å². The lowest BCUT2D eigenvalue weighted by Crippen LogP contribution is -2.49. The van der Waals surface area contributed by atoms with E-state index in [1.807, 2.05) is 0 Å². The summed E-state index contributed by atoms with van der Waals surface area (Å²) in [6.45, 7) is 4.32. The van der Waals surface area contributed by atoms with Crippen LogP contribution in [-0.2, 0) is 5.41 Å². The zero-order valence-electron chi connectivity index (χ0n) is 14.5. The van der Waals surface area contributed by atoms with E-state index in [0.717, 1.165) is 22.5 Å². The van der Waals surface area contributed by atoms with Gasteiger partial charge in [-0.2, -0.15) is 5.10 Å². The van der Waals surface area contributed by atoms with Crippen LogP contribution in [0.1, 0.15) is 55.5 Å². The number of H-pyrrole nitrogens is 1. The van der Waals surface area contributed by atoms with Crippen LogP contribution in [0, 0.1) is 36.4 Å². The van der Waals surface area contributed by atoms with Crippen LogP contribution in [0.4, 0.5) is 0 Å².